The van der Waals surface area contributed by atoms with Gasteiger partial charge in [0.2, 0.25) is 11.8 Å². The molecule has 7 nitrogen and oxygen atoms in total. The number of aromatic nitrogens is 1. The van der Waals surface area contributed by atoms with Crippen molar-refractivity contribution in [2.75, 3.05) is 23.8 Å². The lowest BCUT2D eigenvalue weighted by Gasteiger charge is -2.10. The van der Waals surface area contributed by atoms with Crippen LogP contribution in [-0.2, 0) is 9.59 Å². The predicted octanol–water partition coefficient (Wildman–Crippen LogP) is 0.369. The van der Waals surface area contributed by atoms with Gasteiger partial charge in [-0.2, -0.15) is 0 Å². The molecular formula is C11H15N3O4. The normalized spacial score (nSPS) is 9.72. The van der Waals surface area contributed by atoms with Crippen molar-refractivity contribution < 1.29 is 19.4 Å². The van der Waals surface area contributed by atoms with Gasteiger partial charge in [-0.3, -0.25) is 9.59 Å². The van der Waals surface area contributed by atoms with E-state index in [0.29, 0.717) is 5.75 Å². The van der Waals surface area contributed by atoms with Crippen molar-refractivity contribution in [1.29, 1.82) is 0 Å². The van der Waals surface area contributed by atoms with Gasteiger partial charge in [0.15, 0.2) is 0 Å². The quantitative estimate of drug-likeness (QED) is 0.703. The molecule has 0 saturated heterocycles. The van der Waals surface area contributed by atoms with Gasteiger partial charge >= 0.3 is 0 Å². The van der Waals surface area contributed by atoms with E-state index in [1.807, 2.05) is 0 Å². The molecule has 0 spiro atoms. The number of hydrogen-bond acceptors (Lipinski definition) is 5. The highest BCUT2D eigenvalue weighted by Gasteiger charge is 2.06. The van der Waals surface area contributed by atoms with Crippen LogP contribution in [0.4, 0.5) is 11.6 Å². The van der Waals surface area contributed by atoms with E-state index < -0.39 is 0 Å². The fourth-order valence-corrected chi connectivity index (χ4v) is 1.24. The minimum absolute atomic E-state index is 0.114. The van der Waals surface area contributed by atoms with Crippen LogP contribution in [0.3, 0.4) is 0 Å². The molecule has 0 aromatic carbocycles. The number of carbonyl (C=O) groups excluding carboxylic acids is 2. The number of nitrogens with one attached hydrogen (secondary N) is 2. The second kappa shape index (κ2) is 6.55. The van der Waals surface area contributed by atoms with E-state index >= 15 is 0 Å². The maximum atomic E-state index is 11.0. The van der Waals surface area contributed by atoms with Gasteiger partial charge in [-0.1, -0.05) is 0 Å². The van der Waals surface area contributed by atoms with Gasteiger partial charge in [-0.15, -0.1) is 0 Å². The maximum absolute atomic E-state index is 11.0. The van der Waals surface area contributed by atoms with Crippen LogP contribution < -0.4 is 15.4 Å². The van der Waals surface area contributed by atoms with Gasteiger partial charge in [-0.05, 0) is 0 Å². The van der Waals surface area contributed by atoms with Gasteiger partial charge in [0.05, 0.1) is 6.61 Å². The number of hydrogen-bond donors (Lipinski definition) is 3. The smallest absolute Gasteiger partial charge is 0.222 e. The maximum Gasteiger partial charge on any atom is 0.222 e. The first-order valence-corrected chi connectivity index (χ1v) is 5.32. The highest BCUT2D eigenvalue weighted by Crippen LogP contribution is 2.20. The number of ether oxygens (including phenoxy) is 1. The van der Waals surface area contributed by atoms with Crippen LogP contribution >= 0.6 is 0 Å². The van der Waals surface area contributed by atoms with E-state index in [4.69, 9.17) is 9.84 Å². The van der Waals surface area contributed by atoms with Crippen molar-refractivity contribution in [3.8, 4) is 5.75 Å². The third-order valence-corrected chi connectivity index (χ3v) is 1.77. The van der Waals surface area contributed by atoms with Crippen molar-refractivity contribution in [2.24, 2.45) is 0 Å². The Morgan fingerprint density at radius 2 is 1.72 bits per heavy atom. The molecule has 3 N–H and O–H groups in total. The summed E-state index contributed by atoms with van der Waals surface area (Å²) in [5.41, 5.74) is 0. The zero-order valence-corrected chi connectivity index (χ0v) is 10.2. The molecule has 0 radical (unpaired) electrons. The number of carbonyl (C=O) groups is 2. The molecule has 0 fully saturated rings. The number of pyridine rings is 1. The Kier molecular flexibility index (Phi) is 5.06. The number of anilines is 2. The number of amides is 2. The summed E-state index contributed by atoms with van der Waals surface area (Å²) >= 11 is 0. The van der Waals surface area contributed by atoms with Crippen LogP contribution in [-0.4, -0.2) is 35.1 Å². The molecule has 0 aliphatic carbocycles. The first-order chi connectivity index (χ1) is 8.51. The summed E-state index contributed by atoms with van der Waals surface area (Å²) in [6.07, 6.45) is 0. The third-order valence-electron chi connectivity index (χ3n) is 1.77. The molecule has 1 aromatic rings. The Morgan fingerprint density at radius 1 is 1.22 bits per heavy atom. The Morgan fingerprint density at radius 3 is 2.11 bits per heavy atom. The van der Waals surface area contributed by atoms with Gasteiger partial charge in [0.1, 0.15) is 24.0 Å². The molecular weight excluding hydrogens is 238 g/mol. The van der Waals surface area contributed by atoms with Crippen LogP contribution in [0.2, 0.25) is 0 Å². The van der Waals surface area contributed by atoms with Gasteiger partial charge in [0, 0.05) is 26.0 Å². The Hall–Kier alpha value is -2.15. The summed E-state index contributed by atoms with van der Waals surface area (Å²) in [6, 6.07) is 3.00. The Balaban J connectivity index is 2.95. The molecule has 7 heteroatoms. The van der Waals surface area contributed by atoms with Gasteiger partial charge < -0.3 is 20.5 Å². The summed E-state index contributed by atoms with van der Waals surface area (Å²) in [4.78, 5) is 25.9. The molecule has 0 saturated carbocycles. The lowest BCUT2D eigenvalue weighted by Crippen LogP contribution is -2.12. The molecule has 1 heterocycles. The van der Waals surface area contributed by atoms with Crippen molar-refractivity contribution in [3.05, 3.63) is 12.1 Å². The zero-order valence-electron chi connectivity index (χ0n) is 10.2. The number of nitrogens with zero attached hydrogens (tertiary/aromatic N) is 1. The first-order valence-electron chi connectivity index (χ1n) is 5.32. The summed E-state index contributed by atoms with van der Waals surface area (Å²) in [7, 11) is 0. The average molecular weight is 253 g/mol. The highest BCUT2D eigenvalue weighted by molar-refractivity contribution is 5.90. The molecule has 0 unspecified atom stereocenters. The van der Waals surface area contributed by atoms with Crippen molar-refractivity contribution in [3.63, 3.8) is 0 Å². The number of rotatable bonds is 5. The lowest BCUT2D eigenvalue weighted by atomic mass is 10.4. The molecule has 1 aromatic heterocycles. The van der Waals surface area contributed by atoms with Crippen LogP contribution in [0.25, 0.3) is 0 Å². The topological polar surface area (TPSA) is 101 Å². The van der Waals surface area contributed by atoms with Crippen molar-refractivity contribution in [2.45, 2.75) is 13.8 Å². The average Bonchev–Trinajstić information content (AvgIpc) is 2.24. The molecule has 0 bridgehead atoms. The van der Waals surface area contributed by atoms with E-state index in [1.54, 1.807) is 0 Å². The monoisotopic (exact) mass is 253 g/mol. The van der Waals surface area contributed by atoms with Crippen LogP contribution in [0, 0.1) is 0 Å². The van der Waals surface area contributed by atoms with Crippen molar-refractivity contribution >= 4 is 23.5 Å². The van der Waals surface area contributed by atoms with E-state index in [0.717, 1.165) is 0 Å². The van der Waals surface area contributed by atoms with E-state index in [1.165, 1.54) is 26.0 Å². The third kappa shape index (κ3) is 4.79. The highest BCUT2D eigenvalue weighted by atomic mass is 16.5. The van der Waals surface area contributed by atoms with Gasteiger partial charge in [-0.25, -0.2) is 4.98 Å². The number of aliphatic hydroxyl groups is 1. The summed E-state index contributed by atoms with van der Waals surface area (Å²) in [5, 5.41) is 13.7. The summed E-state index contributed by atoms with van der Waals surface area (Å²) in [5.74, 6) is 0.362. The van der Waals surface area contributed by atoms with Crippen LogP contribution in [0.5, 0.6) is 5.75 Å². The molecule has 18 heavy (non-hydrogen) atoms. The van der Waals surface area contributed by atoms with E-state index in [9.17, 15) is 9.59 Å². The van der Waals surface area contributed by atoms with Crippen LogP contribution in [0.15, 0.2) is 12.1 Å². The standard InChI is InChI=1S/C11H15N3O4/c1-7(16)12-10-5-9(18-4-3-15)6-11(14-10)13-8(2)17/h5-6,15H,3-4H2,1-2H3,(H2,12,13,14,16,17). The second-order valence-electron chi connectivity index (χ2n) is 3.51. The SMILES string of the molecule is CC(=O)Nc1cc(OCCO)cc(NC(C)=O)n1. The summed E-state index contributed by atoms with van der Waals surface area (Å²) < 4.78 is 5.21. The van der Waals surface area contributed by atoms with Crippen molar-refractivity contribution in [1.82, 2.24) is 4.98 Å². The predicted molar refractivity (Wildman–Crippen MR) is 65.4 cm³/mol. The lowest BCUT2D eigenvalue weighted by molar-refractivity contribution is -0.115. The minimum Gasteiger partial charge on any atom is -0.491 e. The minimum atomic E-state index is -0.282. The molecule has 98 valence electrons. The Labute approximate surface area is 104 Å². The Bertz CT molecular complexity index is 414. The van der Waals surface area contributed by atoms with Gasteiger partial charge in [0.25, 0.3) is 0 Å². The molecule has 2 amide bonds. The number of aliphatic hydroxyl groups excluding tert-OH is 1. The second-order valence-corrected chi connectivity index (χ2v) is 3.51. The molecule has 0 aliphatic heterocycles. The fraction of sp³-hybridized carbons (Fsp3) is 0.364. The van der Waals surface area contributed by atoms with E-state index in [2.05, 4.69) is 15.6 Å². The first kappa shape index (κ1) is 13.9. The molecule has 0 atom stereocenters. The molecule has 0 aliphatic rings. The summed E-state index contributed by atoms with van der Waals surface area (Å²) in [6.45, 7) is 2.68. The van der Waals surface area contributed by atoms with Crippen LogP contribution in [0.1, 0.15) is 13.8 Å². The molecule has 1 rings (SSSR count). The fourth-order valence-electron chi connectivity index (χ4n) is 1.24. The zero-order chi connectivity index (χ0) is 13.5. The van der Waals surface area contributed by atoms with E-state index in [-0.39, 0.29) is 36.7 Å². The largest absolute Gasteiger partial charge is 0.491 e.